The molecule has 4 rings (SSSR count). The zero-order valence-corrected chi connectivity index (χ0v) is 19.4. The number of alkyl carbamates (subject to hydrolysis) is 1. The van der Waals surface area contributed by atoms with Gasteiger partial charge in [0, 0.05) is 25.2 Å². The van der Waals surface area contributed by atoms with Gasteiger partial charge in [-0.3, -0.25) is 19.9 Å². The van der Waals surface area contributed by atoms with Gasteiger partial charge in [0.15, 0.2) is 0 Å². The second kappa shape index (κ2) is 10.5. The van der Waals surface area contributed by atoms with Gasteiger partial charge in [0.2, 0.25) is 5.91 Å². The molecule has 3 amide bonds. The van der Waals surface area contributed by atoms with Gasteiger partial charge in [-0.25, -0.2) is 4.79 Å². The smallest absolute Gasteiger partial charge is 0.414 e. The number of nitrogens with zero attached hydrogens (tertiary/aromatic N) is 2. The number of hydrogen-bond acceptors (Lipinski definition) is 5. The molecule has 7 nitrogen and oxygen atoms in total. The monoisotopic (exact) mass is 477 g/mol. The molecular weight excluding hydrogens is 454 g/mol. The predicted octanol–water partition coefficient (Wildman–Crippen LogP) is 5.23. The lowest BCUT2D eigenvalue weighted by Crippen LogP contribution is -2.31. The number of nitrogens with one attached hydrogen (secondary N) is 1. The molecule has 0 spiro atoms. The fraction of sp³-hybridized carbons (Fsp3) is 0.231. The number of amides is 3. The third-order valence-corrected chi connectivity index (χ3v) is 5.81. The summed E-state index contributed by atoms with van der Waals surface area (Å²) in [7, 11) is 0. The summed E-state index contributed by atoms with van der Waals surface area (Å²) in [6.45, 7) is 2.27. The van der Waals surface area contributed by atoms with Crippen LogP contribution in [-0.4, -0.2) is 29.4 Å². The molecule has 1 aliphatic carbocycles. The fourth-order valence-corrected chi connectivity index (χ4v) is 3.75. The van der Waals surface area contributed by atoms with Crippen LogP contribution < -0.4 is 10.2 Å². The number of carbonyl (C=O) groups excluding carboxylic acids is 3. The van der Waals surface area contributed by atoms with E-state index in [-0.39, 0.29) is 18.1 Å². The molecule has 0 unspecified atom stereocenters. The number of anilines is 1. The van der Waals surface area contributed by atoms with Crippen LogP contribution in [0, 0.1) is 5.92 Å². The first-order valence-electron chi connectivity index (χ1n) is 11.0. The van der Waals surface area contributed by atoms with E-state index in [0.717, 1.165) is 24.0 Å². The van der Waals surface area contributed by atoms with E-state index in [0.29, 0.717) is 28.9 Å². The van der Waals surface area contributed by atoms with E-state index in [9.17, 15) is 14.4 Å². The SMILES string of the molecule is CC(=O)N(CC1CC1)c1ccc(-c2ccc(C(=O)NC(=O)OCc3ccccc3)cn2)cc1Cl. The Balaban J connectivity index is 1.38. The summed E-state index contributed by atoms with van der Waals surface area (Å²) < 4.78 is 5.07. The molecule has 1 aliphatic rings. The second-order valence-corrected chi connectivity index (χ2v) is 8.59. The number of ether oxygens (including phenoxy) is 1. The number of pyridine rings is 1. The van der Waals surface area contributed by atoms with Crippen molar-refractivity contribution in [2.75, 3.05) is 11.4 Å². The van der Waals surface area contributed by atoms with Crippen molar-refractivity contribution in [3.8, 4) is 11.3 Å². The molecular formula is C26H24ClN3O4. The molecule has 0 saturated heterocycles. The molecule has 2 aromatic carbocycles. The van der Waals surface area contributed by atoms with Gasteiger partial charge in [-0.15, -0.1) is 0 Å². The van der Waals surface area contributed by atoms with Crippen molar-refractivity contribution in [1.29, 1.82) is 0 Å². The zero-order chi connectivity index (χ0) is 24.1. The van der Waals surface area contributed by atoms with Gasteiger partial charge < -0.3 is 9.64 Å². The van der Waals surface area contributed by atoms with Crippen molar-refractivity contribution in [3.63, 3.8) is 0 Å². The highest BCUT2D eigenvalue weighted by atomic mass is 35.5. The van der Waals surface area contributed by atoms with Crippen LogP contribution in [0.25, 0.3) is 11.3 Å². The zero-order valence-electron chi connectivity index (χ0n) is 18.7. The fourth-order valence-electron chi connectivity index (χ4n) is 3.46. The van der Waals surface area contributed by atoms with Crippen molar-refractivity contribution in [3.05, 3.63) is 83.0 Å². The van der Waals surface area contributed by atoms with E-state index in [1.165, 1.54) is 13.1 Å². The molecule has 0 aliphatic heterocycles. The first kappa shape index (κ1) is 23.4. The number of aromatic nitrogens is 1. The van der Waals surface area contributed by atoms with Gasteiger partial charge in [0.25, 0.3) is 5.91 Å². The summed E-state index contributed by atoms with van der Waals surface area (Å²) in [6.07, 6.45) is 2.81. The van der Waals surface area contributed by atoms with Gasteiger partial charge in [-0.2, -0.15) is 0 Å². The van der Waals surface area contributed by atoms with E-state index in [1.807, 2.05) is 42.5 Å². The molecule has 0 atom stereocenters. The van der Waals surface area contributed by atoms with Crippen LogP contribution in [0.2, 0.25) is 5.02 Å². The first-order valence-corrected chi connectivity index (χ1v) is 11.3. The molecule has 0 radical (unpaired) electrons. The third kappa shape index (κ3) is 5.99. The highest BCUT2D eigenvalue weighted by molar-refractivity contribution is 6.34. The molecule has 1 fully saturated rings. The molecule has 1 aromatic heterocycles. The number of benzene rings is 2. The lowest BCUT2D eigenvalue weighted by atomic mass is 10.1. The van der Waals surface area contributed by atoms with Crippen molar-refractivity contribution in [2.45, 2.75) is 26.4 Å². The minimum absolute atomic E-state index is 0.0441. The Kier molecular flexibility index (Phi) is 7.23. The first-order chi connectivity index (χ1) is 16.4. The van der Waals surface area contributed by atoms with E-state index >= 15 is 0 Å². The minimum atomic E-state index is -0.832. The van der Waals surface area contributed by atoms with E-state index in [4.69, 9.17) is 16.3 Å². The van der Waals surface area contributed by atoms with Gasteiger partial charge in [-0.1, -0.05) is 48.0 Å². The summed E-state index contributed by atoms with van der Waals surface area (Å²) >= 11 is 6.50. The largest absolute Gasteiger partial charge is 0.444 e. The number of halogens is 1. The summed E-state index contributed by atoms with van der Waals surface area (Å²) in [6, 6.07) is 17.8. The second-order valence-electron chi connectivity index (χ2n) is 8.19. The van der Waals surface area contributed by atoms with Gasteiger partial charge in [-0.05, 0) is 48.6 Å². The maximum atomic E-state index is 12.3. The number of rotatable bonds is 7. The van der Waals surface area contributed by atoms with Crippen LogP contribution in [-0.2, 0) is 16.1 Å². The van der Waals surface area contributed by atoms with Crippen LogP contribution in [0.15, 0.2) is 66.9 Å². The van der Waals surface area contributed by atoms with Crippen molar-refractivity contribution in [2.24, 2.45) is 5.92 Å². The van der Waals surface area contributed by atoms with E-state index in [1.54, 1.807) is 23.1 Å². The lowest BCUT2D eigenvalue weighted by Gasteiger charge is -2.22. The van der Waals surface area contributed by atoms with Crippen LogP contribution >= 0.6 is 11.6 Å². The predicted molar refractivity (Wildman–Crippen MR) is 130 cm³/mol. The molecule has 3 aromatic rings. The average molecular weight is 478 g/mol. The Hall–Kier alpha value is -3.71. The van der Waals surface area contributed by atoms with Crippen LogP contribution in [0.4, 0.5) is 10.5 Å². The van der Waals surface area contributed by atoms with Gasteiger partial charge >= 0.3 is 6.09 Å². The minimum Gasteiger partial charge on any atom is -0.444 e. The van der Waals surface area contributed by atoms with E-state index in [2.05, 4.69) is 10.3 Å². The number of hydrogen-bond donors (Lipinski definition) is 1. The molecule has 1 saturated carbocycles. The Morgan fingerprint density at radius 2 is 1.85 bits per heavy atom. The van der Waals surface area contributed by atoms with Crippen LogP contribution in [0.5, 0.6) is 0 Å². The van der Waals surface area contributed by atoms with Crippen molar-refractivity contribution >= 4 is 35.2 Å². The topological polar surface area (TPSA) is 88.6 Å². The molecule has 8 heteroatoms. The summed E-state index contributed by atoms with van der Waals surface area (Å²) in [4.78, 5) is 42.4. The van der Waals surface area contributed by atoms with Crippen molar-refractivity contribution in [1.82, 2.24) is 10.3 Å². The van der Waals surface area contributed by atoms with Crippen LogP contribution in [0.1, 0.15) is 35.7 Å². The summed E-state index contributed by atoms with van der Waals surface area (Å²) in [5.74, 6) is -0.115. The van der Waals surface area contributed by atoms with Gasteiger partial charge in [0.05, 0.1) is 22.0 Å². The Labute approximate surface area is 202 Å². The maximum absolute atomic E-state index is 12.3. The van der Waals surface area contributed by atoms with Crippen LogP contribution in [0.3, 0.4) is 0 Å². The standard InChI is InChI=1S/C26H24ClN3O4/c1-17(31)30(15-18-7-8-18)24-12-10-20(13-22(24)27)23-11-9-21(14-28-23)25(32)29-26(33)34-16-19-5-3-2-4-6-19/h2-6,9-14,18H,7-8,15-16H2,1H3,(H,29,32,33). The number of imide groups is 1. The Morgan fingerprint density at radius 3 is 2.47 bits per heavy atom. The quantitative estimate of drug-likeness (QED) is 0.503. The highest BCUT2D eigenvalue weighted by Gasteiger charge is 2.27. The Morgan fingerprint density at radius 1 is 1.09 bits per heavy atom. The van der Waals surface area contributed by atoms with E-state index < -0.39 is 12.0 Å². The molecule has 174 valence electrons. The summed E-state index contributed by atoms with van der Waals surface area (Å²) in [5, 5.41) is 2.64. The lowest BCUT2D eigenvalue weighted by molar-refractivity contribution is -0.116. The average Bonchev–Trinajstić information content (AvgIpc) is 3.66. The number of carbonyl (C=O) groups is 3. The van der Waals surface area contributed by atoms with Crippen molar-refractivity contribution < 1.29 is 19.1 Å². The van der Waals surface area contributed by atoms with Gasteiger partial charge in [0.1, 0.15) is 6.61 Å². The summed E-state index contributed by atoms with van der Waals surface area (Å²) in [5.41, 5.74) is 3.07. The Bertz CT molecular complexity index is 1190. The molecule has 0 bridgehead atoms. The molecule has 1 N–H and O–H groups in total. The molecule has 34 heavy (non-hydrogen) atoms. The maximum Gasteiger partial charge on any atom is 0.414 e. The third-order valence-electron chi connectivity index (χ3n) is 5.51. The molecule has 1 heterocycles. The highest BCUT2D eigenvalue weighted by Crippen LogP contribution is 2.35. The normalized spacial score (nSPS) is 12.6.